The third kappa shape index (κ3) is 5.13. The van der Waals surface area contributed by atoms with E-state index in [-0.39, 0.29) is 17.6 Å². The lowest BCUT2D eigenvalue weighted by molar-refractivity contribution is -0.118. The quantitative estimate of drug-likeness (QED) is 0.824. The van der Waals surface area contributed by atoms with Gasteiger partial charge in [-0.05, 0) is 49.8 Å². The van der Waals surface area contributed by atoms with Gasteiger partial charge in [0.2, 0.25) is 5.91 Å². The van der Waals surface area contributed by atoms with Crippen molar-refractivity contribution in [1.29, 1.82) is 0 Å². The Morgan fingerprint density at radius 2 is 2.07 bits per heavy atom. The second-order valence-electron chi connectivity index (χ2n) is 7.09. The van der Waals surface area contributed by atoms with Crippen LogP contribution in [-0.4, -0.2) is 34.8 Å². The van der Waals surface area contributed by atoms with E-state index in [4.69, 9.17) is 5.73 Å². The summed E-state index contributed by atoms with van der Waals surface area (Å²) >= 11 is 1.41. The van der Waals surface area contributed by atoms with E-state index in [1.54, 1.807) is 12.1 Å². The van der Waals surface area contributed by atoms with Gasteiger partial charge in [-0.3, -0.25) is 9.59 Å². The van der Waals surface area contributed by atoms with Crippen LogP contribution in [0.15, 0.2) is 24.3 Å². The van der Waals surface area contributed by atoms with Gasteiger partial charge in [-0.2, -0.15) is 0 Å². The minimum atomic E-state index is -0.290. The number of hydrogen-bond acceptors (Lipinski definition) is 4. The van der Waals surface area contributed by atoms with Crippen LogP contribution < -0.4 is 5.73 Å². The molecule has 1 aromatic heterocycles. The molecule has 1 fully saturated rings. The SMILES string of the molecule is Cc1nc(Cc2ccc(F)cc2)sc1C(=O)N1CCCC(CCC(N)=O)C1. The molecule has 0 bridgehead atoms. The highest BCUT2D eigenvalue weighted by atomic mass is 32.1. The number of carbonyl (C=O) groups is 2. The van der Waals surface area contributed by atoms with E-state index >= 15 is 0 Å². The number of benzene rings is 1. The first-order valence-corrected chi connectivity index (χ1v) is 10.0. The van der Waals surface area contributed by atoms with Crippen molar-refractivity contribution in [2.45, 2.75) is 39.0 Å². The van der Waals surface area contributed by atoms with E-state index in [2.05, 4.69) is 4.98 Å². The van der Waals surface area contributed by atoms with Crippen molar-refractivity contribution in [2.75, 3.05) is 13.1 Å². The predicted octanol–water partition coefficient (Wildman–Crippen LogP) is 3.30. The number of nitrogens with two attached hydrogens (primary N) is 1. The Balaban J connectivity index is 1.66. The average molecular weight is 389 g/mol. The highest BCUT2D eigenvalue weighted by molar-refractivity contribution is 7.13. The summed E-state index contributed by atoms with van der Waals surface area (Å²) in [5.74, 6) is -0.218. The van der Waals surface area contributed by atoms with Gasteiger partial charge in [0, 0.05) is 25.9 Å². The Morgan fingerprint density at radius 1 is 1.33 bits per heavy atom. The molecule has 144 valence electrons. The molecule has 27 heavy (non-hydrogen) atoms. The summed E-state index contributed by atoms with van der Waals surface area (Å²) in [6.07, 6.45) is 3.65. The van der Waals surface area contributed by atoms with Crippen LogP contribution >= 0.6 is 11.3 Å². The van der Waals surface area contributed by atoms with Crippen LogP contribution in [0.2, 0.25) is 0 Å². The third-order valence-corrected chi connectivity index (χ3v) is 6.05. The number of nitrogens with zero attached hydrogens (tertiary/aromatic N) is 2. The largest absolute Gasteiger partial charge is 0.370 e. The zero-order chi connectivity index (χ0) is 19.4. The van der Waals surface area contributed by atoms with Crippen molar-refractivity contribution in [3.05, 3.63) is 51.2 Å². The zero-order valence-corrected chi connectivity index (χ0v) is 16.2. The number of halogens is 1. The number of amides is 2. The van der Waals surface area contributed by atoms with Crippen LogP contribution in [-0.2, 0) is 11.2 Å². The number of primary amides is 1. The Bertz CT molecular complexity index is 819. The molecule has 0 aliphatic carbocycles. The number of thiazole rings is 1. The van der Waals surface area contributed by atoms with Crippen LogP contribution in [0.5, 0.6) is 0 Å². The van der Waals surface area contributed by atoms with Crippen LogP contribution in [0.4, 0.5) is 4.39 Å². The molecule has 1 atom stereocenters. The van der Waals surface area contributed by atoms with E-state index < -0.39 is 0 Å². The topological polar surface area (TPSA) is 76.3 Å². The molecule has 1 aromatic carbocycles. The first-order chi connectivity index (χ1) is 12.9. The van der Waals surface area contributed by atoms with Crippen molar-refractivity contribution in [3.8, 4) is 0 Å². The summed E-state index contributed by atoms with van der Waals surface area (Å²) in [4.78, 5) is 31.1. The fourth-order valence-corrected chi connectivity index (χ4v) is 4.55. The van der Waals surface area contributed by atoms with Gasteiger partial charge in [0.05, 0.1) is 10.7 Å². The number of carbonyl (C=O) groups excluding carboxylic acids is 2. The van der Waals surface area contributed by atoms with Crippen molar-refractivity contribution in [1.82, 2.24) is 9.88 Å². The Morgan fingerprint density at radius 3 is 2.78 bits per heavy atom. The van der Waals surface area contributed by atoms with E-state index in [0.29, 0.717) is 30.2 Å². The van der Waals surface area contributed by atoms with Gasteiger partial charge in [-0.25, -0.2) is 9.37 Å². The van der Waals surface area contributed by atoms with Crippen LogP contribution in [0, 0.1) is 18.7 Å². The summed E-state index contributed by atoms with van der Waals surface area (Å²) in [6.45, 7) is 3.25. The summed E-state index contributed by atoms with van der Waals surface area (Å²) in [5.41, 5.74) is 6.95. The van der Waals surface area contributed by atoms with E-state index in [0.717, 1.165) is 42.1 Å². The zero-order valence-electron chi connectivity index (χ0n) is 15.4. The number of likely N-dealkylation sites (tertiary alicyclic amines) is 1. The van der Waals surface area contributed by atoms with E-state index in [1.807, 2.05) is 11.8 Å². The minimum absolute atomic E-state index is 0.0131. The molecule has 0 saturated carbocycles. The molecule has 2 heterocycles. The van der Waals surface area contributed by atoms with Crippen LogP contribution in [0.25, 0.3) is 0 Å². The lowest BCUT2D eigenvalue weighted by atomic mass is 9.93. The van der Waals surface area contributed by atoms with Crippen molar-refractivity contribution in [2.24, 2.45) is 11.7 Å². The Kier molecular flexibility index (Phi) is 6.21. The molecule has 0 radical (unpaired) electrons. The molecular formula is C20H24FN3O2S. The van der Waals surface area contributed by atoms with Crippen LogP contribution in [0.1, 0.15) is 51.6 Å². The maximum Gasteiger partial charge on any atom is 0.265 e. The van der Waals surface area contributed by atoms with Crippen LogP contribution in [0.3, 0.4) is 0 Å². The monoisotopic (exact) mass is 389 g/mol. The summed E-state index contributed by atoms with van der Waals surface area (Å²) < 4.78 is 13.0. The number of hydrogen-bond donors (Lipinski definition) is 1. The minimum Gasteiger partial charge on any atom is -0.370 e. The third-order valence-electron chi connectivity index (χ3n) is 4.91. The van der Waals surface area contributed by atoms with Gasteiger partial charge in [-0.15, -0.1) is 11.3 Å². The van der Waals surface area contributed by atoms with E-state index in [1.165, 1.54) is 23.5 Å². The molecule has 1 aliphatic heterocycles. The van der Waals surface area contributed by atoms with Gasteiger partial charge in [-0.1, -0.05) is 12.1 Å². The van der Waals surface area contributed by atoms with Gasteiger partial charge in [0.25, 0.3) is 5.91 Å². The second-order valence-corrected chi connectivity index (χ2v) is 8.17. The highest BCUT2D eigenvalue weighted by Gasteiger charge is 2.27. The summed E-state index contributed by atoms with van der Waals surface area (Å²) in [7, 11) is 0. The number of piperidine rings is 1. The molecule has 1 saturated heterocycles. The first-order valence-electron chi connectivity index (χ1n) is 9.20. The maximum atomic E-state index is 13.0. The van der Waals surface area contributed by atoms with Gasteiger partial charge in [0.15, 0.2) is 0 Å². The van der Waals surface area contributed by atoms with Gasteiger partial charge < -0.3 is 10.6 Å². The number of rotatable bonds is 6. The highest BCUT2D eigenvalue weighted by Crippen LogP contribution is 2.26. The fourth-order valence-electron chi connectivity index (χ4n) is 3.48. The molecule has 3 rings (SSSR count). The van der Waals surface area contributed by atoms with Crippen molar-refractivity contribution < 1.29 is 14.0 Å². The standard InChI is InChI=1S/C20H24FN3O2S/c1-13-19(27-18(23-13)11-14-4-7-16(21)8-5-14)20(26)24-10-2-3-15(12-24)6-9-17(22)25/h4-5,7-8,15H,2-3,6,9-12H2,1H3,(H2,22,25). The first kappa shape index (κ1) is 19.5. The number of aryl methyl sites for hydroxylation is 1. The predicted molar refractivity (Wildman–Crippen MR) is 103 cm³/mol. The van der Waals surface area contributed by atoms with Crippen molar-refractivity contribution in [3.63, 3.8) is 0 Å². The summed E-state index contributed by atoms with van der Waals surface area (Å²) in [5, 5.41) is 0.852. The fraction of sp³-hybridized carbons (Fsp3) is 0.450. The smallest absolute Gasteiger partial charge is 0.265 e. The molecule has 1 unspecified atom stereocenters. The molecule has 2 N–H and O–H groups in total. The Labute approximate surface area is 162 Å². The van der Waals surface area contributed by atoms with Crippen molar-refractivity contribution >= 4 is 23.2 Å². The Hall–Kier alpha value is -2.28. The lowest BCUT2D eigenvalue weighted by Crippen LogP contribution is -2.40. The summed E-state index contributed by atoms with van der Waals surface area (Å²) in [6, 6.07) is 6.34. The average Bonchev–Trinajstić information content (AvgIpc) is 3.01. The maximum absolute atomic E-state index is 13.0. The molecule has 1 aliphatic rings. The molecule has 7 heteroatoms. The molecular weight excluding hydrogens is 365 g/mol. The molecule has 2 aromatic rings. The van der Waals surface area contributed by atoms with Gasteiger partial charge >= 0.3 is 0 Å². The molecule has 0 spiro atoms. The molecule has 2 amide bonds. The molecule has 5 nitrogen and oxygen atoms in total. The van der Waals surface area contributed by atoms with E-state index in [9.17, 15) is 14.0 Å². The second kappa shape index (κ2) is 8.61. The number of aromatic nitrogens is 1. The lowest BCUT2D eigenvalue weighted by Gasteiger charge is -2.32. The normalized spacial score (nSPS) is 17.1. The van der Waals surface area contributed by atoms with Gasteiger partial charge in [0.1, 0.15) is 10.7 Å².